The Labute approximate surface area is 73.2 Å². The molecule has 0 aromatic heterocycles. The van der Waals surface area contributed by atoms with Gasteiger partial charge < -0.3 is 15.0 Å². The van der Waals surface area contributed by atoms with Crippen molar-refractivity contribution in [2.45, 2.75) is 0 Å². The first-order chi connectivity index (χ1) is 3.27. The third kappa shape index (κ3) is 27.8. The van der Waals surface area contributed by atoms with Crippen molar-refractivity contribution in [3.8, 4) is 0 Å². The molecule has 2 N–H and O–H groups in total. The van der Waals surface area contributed by atoms with Crippen LogP contribution >= 0.6 is 35.3 Å². The van der Waals surface area contributed by atoms with Crippen molar-refractivity contribution in [1.82, 2.24) is 0 Å². The summed E-state index contributed by atoms with van der Waals surface area (Å²) in [5.41, 5.74) is 0. The summed E-state index contributed by atoms with van der Waals surface area (Å²) in [6, 6.07) is 0. The maximum atomic E-state index is 9.43. The van der Waals surface area contributed by atoms with Gasteiger partial charge in [-0.3, -0.25) is 12.8 Å². The van der Waals surface area contributed by atoms with Crippen LogP contribution in [0.1, 0.15) is 0 Å². The first-order valence-corrected chi connectivity index (χ1v) is 4.66. The second-order valence-electron chi connectivity index (χ2n) is 0.383. The van der Waals surface area contributed by atoms with Crippen LogP contribution in [0.15, 0.2) is 0 Å². The molecule has 50 valence electrons. The molecule has 0 aliphatic carbocycles. The third-order valence-corrected chi connectivity index (χ3v) is 0.525. The zero-order chi connectivity index (χ0) is 6.28. The monoisotopic (exact) mass is 256 g/mol. The van der Waals surface area contributed by atoms with Crippen LogP contribution in [-0.4, -0.2) is 10.7 Å². The first kappa shape index (κ1) is 16.0. The van der Waals surface area contributed by atoms with Crippen molar-refractivity contribution >= 4 is 40.5 Å². The average Bonchev–Trinajstić information content (AvgIpc) is 1.73. The van der Waals surface area contributed by atoms with Gasteiger partial charge in [-0.1, -0.05) is 0 Å². The van der Waals surface area contributed by atoms with Gasteiger partial charge in [0.1, 0.15) is 5.24 Å². The molecule has 0 saturated carbocycles. The van der Waals surface area contributed by atoms with Gasteiger partial charge in [0.25, 0.3) is 0 Å². The van der Waals surface area contributed by atoms with Gasteiger partial charge in [0.2, 0.25) is 0 Å². The Morgan fingerprint density at radius 3 is 1.75 bits per heavy atom. The van der Waals surface area contributed by atoms with Gasteiger partial charge in [0, 0.05) is 0 Å². The molecule has 0 bridgehead atoms. The van der Waals surface area contributed by atoms with Gasteiger partial charge in [-0.25, -0.2) is 0 Å². The topological polar surface area (TPSA) is 62.7 Å². The molecule has 0 atom stereocenters. The number of amides is 1. The van der Waals surface area contributed by atoms with E-state index in [9.17, 15) is 4.79 Å². The maximum absolute atomic E-state index is 9.43. The minimum absolute atomic E-state index is 0. The number of rotatable bonds is 0. The molecule has 0 unspecified atom stereocenters. The van der Waals surface area contributed by atoms with E-state index in [1.54, 1.807) is 0 Å². The molecule has 0 aromatic carbocycles. The molecule has 7 heteroatoms. The molecule has 0 rings (SSSR count). The van der Waals surface area contributed by atoms with E-state index in [4.69, 9.17) is 0 Å². The quantitative estimate of drug-likeness (QED) is 0.502. The molecule has 0 saturated heterocycles. The fourth-order valence-corrected chi connectivity index (χ4v) is 0. The summed E-state index contributed by atoms with van der Waals surface area (Å²) in [5, 5.41) is -0.562. The summed E-state index contributed by atoms with van der Waals surface area (Å²) < 4.78 is 2.81. The fourth-order valence-electron chi connectivity index (χ4n) is 0. The second kappa shape index (κ2) is 15.7. The molecule has 0 aromatic rings. The molecule has 8 heavy (non-hydrogen) atoms. The Bertz CT molecular complexity index is 61.2. The van der Waals surface area contributed by atoms with Crippen LogP contribution in [0.4, 0.5) is 4.79 Å². The van der Waals surface area contributed by atoms with Gasteiger partial charge in [0.05, 0.1) is 0 Å². The van der Waals surface area contributed by atoms with Crippen molar-refractivity contribution in [3.63, 3.8) is 0 Å². The van der Waals surface area contributed by atoms with Gasteiger partial charge in [0.15, 0.2) is 0 Å². The van der Waals surface area contributed by atoms with E-state index < -0.39 is 5.24 Å². The van der Waals surface area contributed by atoms with E-state index in [1.165, 1.54) is 18.0 Å². The van der Waals surface area contributed by atoms with Crippen molar-refractivity contribution < 1.29 is 28.3 Å². The number of carbonyl (C=O) groups excluding carboxylic acids is 1. The van der Waals surface area contributed by atoms with Crippen molar-refractivity contribution in [2.75, 3.05) is 0 Å². The van der Waals surface area contributed by atoms with E-state index in [0.717, 1.165) is 0 Å². The zero-order valence-electron chi connectivity index (χ0n) is 3.57. The predicted molar refractivity (Wildman–Crippen MR) is 37.9 cm³/mol. The van der Waals surface area contributed by atoms with Crippen LogP contribution in [0.5, 0.6) is 0 Å². The standard InChI is InChI=1S/CH3NOS2.Mo.H2O.S/c3-1(4)2-5;;;/h(H3,2,3,4,5);;1H2;/p-1. The summed E-state index contributed by atoms with van der Waals surface area (Å²) in [6.07, 6.45) is 0. The molecule has 1 amide bonds. The molecule has 0 heterocycles. The Balaban J connectivity index is -0.0000000750. The summed E-state index contributed by atoms with van der Waals surface area (Å²) in [6.45, 7) is 0. The zero-order valence-corrected chi connectivity index (χ0v) is 8.18. The van der Waals surface area contributed by atoms with Gasteiger partial charge in [-0.2, -0.15) is 0 Å². The third-order valence-electron chi connectivity index (χ3n) is 0.0855. The number of carbonyl (C=O) groups is 1. The Morgan fingerprint density at radius 1 is 1.62 bits per heavy atom. The van der Waals surface area contributed by atoms with Crippen LogP contribution < -0.4 is 0 Å². The Hall–Kier alpha value is 1.04. The van der Waals surface area contributed by atoms with E-state index >= 15 is 0 Å². The van der Waals surface area contributed by atoms with E-state index in [1.807, 2.05) is 0 Å². The molecule has 3 nitrogen and oxygen atoms in total. The van der Waals surface area contributed by atoms with Gasteiger partial charge in [-0.05, 0) is 0 Å². The van der Waals surface area contributed by atoms with Crippen LogP contribution in [-0.2, 0) is 18.0 Å². The number of thiol groups is 2. The Kier molecular flexibility index (Phi) is 31.4. The van der Waals surface area contributed by atoms with Crippen molar-refractivity contribution in [3.05, 3.63) is 4.72 Å². The SMILES string of the molecule is O.O=C(S)[N-]S.[S]=[Mo]. The summed E-state index contributed by atoms with van der Waals surface area (Å²) in [5.74, 6) is 0. The molecular weight excluding hydrogens is 250 g/mol. The van der Waals surface area contributed by atoms with E-state index in [-0.39, 0.29) is 5.48 Å². The molecular formula is CH4MoNO2S3-. The van der Waals surface area contributed by atoms with E-state index in [0.29, 0.717) is 0 Å². The molecule has 0 fully saturated rings. The van der Waals surface area contributed by atoms with Crippen molar-refractivity contribution in [2.24, 2.45) is 0 Å². The molecule has 0 spiro atoms. The second-order valence-corrected chi connectivity index (χ2v) is 0.965. The number of hydrogen-bond donors (Lipinski definition) is 2. The predicted octanol–water partition coefficient (Wildman–Crippen LogP) is 1.08. The molecule has 0 aliphatic heterocycles. The fraction of sp³-hybridized carbons (Fsp3) is 0. The van der Waals surface area contributed by atoms with Gasteiger partial charge >= 0.3 is 27.8 Å². The summed E-state index contributed by atoms with van der Waals surface area (Å²) in [7, 11) is 4.09. The normalized spacial score (nSPS) is 4.75. The van der Waals surface area contributed by atoms with Crippen LogP contribution in [0, 0.1) is 0 Å². The first-order valence-electron chi connectivity index (χ1n) is 1.02. The molecule has 0 aliphatic rings. The van der Waals surface area contributed by atoms with Crippen LogP contribution in [0.25, 0.3) is 4.72 Å². The van der Waals surface area contributed by atoms with Crippen molar-refractivity contribution in [1.29, 1.82) is 0 Å². The Morgan fingerprint density at radius 2 is 1.75 bits per heavy atom. The number of nitrogens with zero attached hydrogens (tertiary/aromatic N) is 1. The average molecular weight is 254 g/mol. The molecule has 0 radical (unpaired) electrons. The summed E-state index contributed by atoms with van der Waals surface area (Å²) >= 11 is 7.96. The number of hydrogen-bond acceptors (Lipinski definition) is 3. The van der Waals surface area contributed by atoms with Gasteiger partial charge in [-0.15, -0.1) is 12.6 Å². The van der Waals surface area contributed by atoms with E-state index in [2.05, 4.69) is 40.0 Å². The minimum atomic E-state index is -0.562. The van der Waals surface area contributed by atoms with Crippen LogP contribution in [0.3, 0.4) is 0 Å². The van der Waals surface area contributed by atoms with Crippen LogP contribution in [0.2, 0.25) is 0 Å². The summed E-state index contributed by atoms with van der Waals surface area (Å²) in [4.78, 5) is 9.43.